The van der Waals surface area contributed by atoms with Crippen molar-refractivity contribution < 1.29 is 19.0 Å². The Labute approximate surface area is 86.5 Å². The molecule has 0 amide bonds. The number of hydrogen-bond acceptors (Lipinski definition) is 2. The largest absolute Gasteiger partial charge is 0.493 e. The summed E-state index contributed by atoms with van der Waals surface area (Å²) in [6, 6.07) is 4.55. The second-order valence-corrected chi connectivity index (χ2v) is 3.70. The van der Waals surface area contributed by atoms with Gasteiger partial charge in [-0.3, -0.25) is 4.79 Å². The highest BCUT2D eigenvalue weighted by atomic mass is 19.1. The quantitative estimate of drug-likeness (QED) is 0.812. The number of halogens is 1. The Morgan fingerprint density at radius 3 is 3.07 bits per heavy atom. The molecule has 0 saturated heterocycles. The lowest BCUT2D eigenvalue weighted by Crippen LogP contribution is -2.20. The van der Waals surface area contributed by atoms with Crippen LogP contribution in [0, 0.1) is 11.7 Å². The number of benzene rings is 1. The van der Waals surface area contributed by atoms with E-state index in [4.69, 9.17) is 9.84 Å². The van der Waals surface area contributed by atoms with Gasteiger partial charge in [-0.05, 0) is 12.1 Å². The van der Waals surface area contributed by atoms with Crippen molar-refractivity contribution in [1.29, 1.82) is 0 Å². The van der Waals surface area contributed by atoms with Crippen LogP contribution in [0.15, 0.2) is 18.2 Å². The van der Waals surface area contributed by atoms with E-state index in [2.05, 4.69) is 0 Å². The van der Waals surface area contributed by atoms with Crippen LogP contribution < -0.4 is 4.74 Å². The number of aliphatic carboxylic acids is 1. The molecule has 1 aromatic rings. The topological polar surface area (TPSA) is 46.5 Å². The SMILES string of the molecule is CC(C(=O)O)C1COc2cccc(F)c21. The van der Waals surface area contributed by atoms with Crippen molar-refractivity contribution in [3.8, 4) is 5.75 Å². The zero-order chi connectivity index (χ0) is 11.0. The fraction of sp³-hybridized carbons (Fsp3) is 0.364. The Hall–Kier alpha value is -1.58. The number of carboxylic acids is 1. The van der Waals surface area contributed by atoms with E-state index in [1.165, 1.54) is 6.07 Å². The van der Waals surface area contributed by atoms with Gasteiger partial charge in [-0.25, -0.2) is 4.39 Å². The van der Waals surface area contributed by atoms with Crippen molar-refractivity contribution in [1.82, 2.24) is 0 Å². The molecule has 0 bridgehead atoms. The van der Waals surface area contributed by atoms with Crippen molar-refractivity contribution in [3.05, 3.63) is 29.6 Å². The zero-order valence-electron chi connectivity index (χ0n) is 8.24. The highest BCUT2D eigenvalue weighted by Crippen LogP contribution is 2.39. The monoisotopic (exact) mass is 210 g/mol. The molecule has 0 aliphatic carbocycles. The summed E-state index contributed by atoms with van der Waals surface area (Å²) in [6.45, 7) is 1.81. The molecule has 15 heavy (non-hydrogen) atoms. The molecule has 3 nitrogen and oxygen atoms in total. The molecule has 1 N–H and O–H groups in total. The van der Waals surface area contributed by atoms with Crippen molar-refractivity contribution in [2.45, 2.75) is 12.8 Å². The molecule has 0 fully saturated rings. The van der Waals surface area contributed by atoms with Crippen LogP contribution in [0.5, 0.6) is 5.75 Å². The summed E-state index contributed by atoms with van der Waals surface area (Å²) >= 11 is 0. The molecule has 0 radical (unpaired) electrons. The van der Waals surface area contributed by atoms with Crippen LogP contribution in [-0.2, 0) is 4.79 Å². The van der Waals surface area contributed by atoms with E-state index in [1.54, 1.807) is 19.1 Å². The van der Waals surface area contributed by atoms with Crippen molar-refractivity contribution in [2.24, 2.45) is 5.92 Å². The van der Waals surface area contributed by atoms with E-state index < -0.39 is 17.8 Å². The van der Waals surface area contributed by atoms with E-state index in [1.807, 2.05) is 0 Å². The number of carboxylic acid groups (broad SMARTS) is 1. The predicted molar refractivity (Wildman–Crippen MR) is 51.4 cm³/mol. The average molecular weight is 210 g/mol. The van der Waals surface area contributed by atoms with E-state index in [-0.39, 0.29) is 12.4 Å². The minimum absolute atomic E-state index is 0.240. The van der Waals surface area contributed by atoms with Gasteiger partial charge in [0.15, 0.2) is 0 Å². The van der Waals surface area contributed by atoms with Gasteiger partial charge >= 0.3 is 5.97 Å². The number of hydrogen-bond donors (Lipinski definition) is 1. The number of ether oxygens (including phenoxy) is 1. The Balaban J connectivity index is 2.39. The van der Waals surface area contributed by atoms with Gasteiger partial charge in [0.1, 0.15) is 11.6 Å². The Kier molecular flexibility index (Phi) is 2.34. The van der Waals surface area contributed by atoms with Crippen molar-refractivity contribution >= 4 is 5.97 Å². The molecule has 2 unspecified atom stereocenters. The maximum Gasteiger partial charge on any atom is 0.306 e. The van der Waals surface area contributed by atoms with Crippen LogP contribution in [0.25, 0.3) is 0 Å². The average Bonchev–Trinajstić information content (AvgIpc) is 2.61. The molecular formula is C11H11FO3. The molecule has 0 spiro atoms. The van der Waals surface area contributed by atoms with E-state index in [0.29, 0.717) is 11.3 Å². The van der Waals surface area contributed by atoms with Crippen molar-refractivity contribution in [2.75, 3.05) is 6.61 Å². The smallest absolute Gasteiger partial charge is 0.306 e. The van der Waals surface area contributed by atoms with E-state index in [0.717, 1.165) is 0 Å². The number of rotatable bonds is 2. The lowest BCUT2D eigenvalue weighted by Gasteiger charge is -2.13. The highest BCUT2D eigenvalue weighted by molar-refractivity contribution is 5.71. The summed E-state index contributed by atoms with van der Waals surface area (Å²) in [5.74, 6) is -1.88. The van der Waals surface area contributed by atoms with Crippen LogP contribution >= 0.6 is 0 Å². The van der Waals surface area contributed by atoms with E-state index in [9.17, 15) is 9.18 Å². The summed E-state index contributed by atoms with van der Waals surface area (Å²) in [5.41, 5.74) is 0.396. The fourth-order valence-electron chi connectivity index (χ4n) is 1.83. The number of fused-ring (bicyclic) bond motifs is 1. The first-order valence-electron chi connectivity index (χ1n) is 4.75. The minimum atomic E-state index is -0.931. The van der Waals surface area contributed by atoms with Gasteiger partial charge in [-0.2, -0.15) is 0 Å². The normalized spacial score (nSPS) is 20.5. The van der Waals surface area contributed by atoms with Crippen LogP contribution in [0.4, 0.5) is 4.39 Å². The van der Waals surface area contributed by atoms with Gasteiger partial charge in [0, 0.05) is 11.5 Å². The molecule has 80 valence electrons. The lowest BCUT2D eigenvalue weighted by molar-refractivity contribution is -0.142. The third-order valence-electron chi connectivity index (χ3n) is 2.80. The molecular weight excluding hydrogens is 199 g/mol. The summed E-state index contributed by atoms with van der Waals surface area (Å²) in [4.78, 5) is 10.8. The molecule has 0 aromatic heterocycles. The minimum Gasteiger partial charge on any atom is -0.493 e. The van der Waals surface area contributed by atoms with Crippen LogP contribution in [0.2, 0.25) is 0 Å². The summed E-state index contributed by atoms with van der Waals surface area (Å²) in [5, 5.41) is 8.88. The number of carbonyl (C=O) groups is 1. The maximum atomic E-state index is 13.5. The first-order chi connectivity index (χ1) is 7.11. The molecule has 0 saturated carbocycles. The van der Waals surface area contributed by atoms with Gasteiger partial charge < -0.3 is 9.84 Å². The summed E-state index contributed by atoms with van der Waals surface area (Å²) < 4.78 is 18.8. The predicted octanol–water partition coefficient (Wildman–Crippen LogP) is 2.02. The molecule has 1 aliphatic rings. The second-order valence-electron chi connectivity index (χ2n) is 3.70. The van der Waals surface area contributed by atoms with Gasteiger partial charge in [-0.1, -0.05) is 13.0 Å². The highest BCUT2D eigenvalue weighted by Gasteiger charge is 2.34. The molecule has 4 heteroatoms. The third-order valence-corrected chi connectivity index (χ3v) is 2.80. The van der Waals surface area contributed by atoms with Gasteiger partial charge in [0.05, 0.1) is 12.5 Å². The molecule has 1 aliphatic heterocycles. The van der Waals surface area contributed by atoms with Crippen LogP contribution in [0.3, 0.4) is 0 Å². The summed E-state index contributed by atoms with van der Waals surface area (Å²) in [6.07, 6.45) is 0. The third kappa shape index (κ3) is 1.56. The zero-order valence-corrected chi connectivity index (χ0v) is 8.24. The second kappa shape index (κ2) is 3.53. The van der Waals surface area contributed by atoms with Crippen LogP contribution in [-0.4, -0.2) is 17.7 Å². The summed E-state index contributed by atoms with van der Waals surface area (Å²) in [7, 11) is 0. The molecule has 1 heterocycles. The first-order valence-corrected chi connectivity index (χ1v) is 4.75. The first kappa shape index (κ1) is 9.96. The Morgan fingerprint density at radius 2 is 2.40 bits per heavy atom. The fourth-order valence-corrected chi connectivity index (χ4v) is 1.83. The van der Waals surface area contributed by atoms with E-state index >= 15 is 0 Å². The van der Waals surface area contributed by atoms with Gasteiger partial charge in [0.2, 0.25) is 0 Å². The molecule has 2 rings (SSSR count). The Morgan fingerprint density at radius 1 is 1.67 bits per heavy atom. The van der Waals surface area contributed by atoms with Crippen molar-refractivity contribution in [3.63, 3.8) is 0 Å². The lowest BCUT2D eigenvalue weighted by atomic mass is 9.89. The van der Waals surface area contributed by atoms with Gasteiger partial charge in [-0.15, -0.1) is 0 Å². The van der Waals surface area contributed by atoms with Gasteiger partial charge in [0.25, 0.3) is 0 Å². The Bertz CT molecular complexity index is 403. The molecule has 2 atom stereocenters. The standard InChI is InChI=1S/C11H11FO3/c1-6(11(13)14)7-5-15-9-4-2-3-8(12)10(7)9/h2-4,6-7H,5H2,1H3,(H,13,14). The van der Waals surface area contributed by atoms with Crippen LogP contribution in [0.1, 0.15) is 18.4 Å². The maximum absolute atomic E-state index is 13.5. The molecule has 1 aromatic carbocycles.